The fourth-order valence-corrected chi connectivity index (χ4v) is 4.31. The molecule has 4 amide bonds. The molecule has 204 valence electrons. The molecule has 0 unspecified atom stereocenters. The number of imide groups is 1. The minimum Gasteiger partial charge on any atom is -0.452 e. The van der Waals surface area contributed by atoms with Crippen LogP contribution in [0.1, 0.15) is 21.5 Å². The first-order valence-corrected chi connectivity index (χ1v) is 12.5. The SMILES string of the molecule is Cc1ccc(NC(=O)COC(=O)c2ccc(/C=C3\SC(=O)N(CC(=O)Nc4ccc(F)cc4F)C3=O)cc2)cc1. The molecule has 3 aromatic carbocycles. The number of esters is 1. The van der Waals surface area contributed by atoms with Crippen LogP contribution in [0, 0.1) is 18.6 Å². The van der Waals surface area contributed by atoms with Gasteiger partial charge in [0, 0.05) is 11.8 Å². The zero-order valence-electron chi connectivity index (χ0n) is 20.9. The molecular weight excluding hydrogens is 544 g/mol. The van der Waals surface area contributed by atoms with Gasteiger partial charge < -0.3 is 15.4 Å². The van der Waals surface area contributed by atoms with Gasteiger partial charge in [-0.15, -0.1) is 0 Å². The van der Waals surface area contributed by atoms with E-state index in [0.29, 0.717) is 34.0 Å². The first kappa shape index (κ1) is 28.2. The van der Waals surface area contributed by atoms with Crippen LogP contribution in [-0.4, -0.2) is 47.0 Å². The van der Waals surface area contributed by atoms with Crippen molar-refractivity contribution in [2.24, 2.45) is 0 Å². The number of nitrogens with zero attached hydrogens (tertiary/aromatic N) is 1. The van der Waals surface area contributed by atoms with E-state index >= 15 is 0 Å². The predicted octanol–water partition coefficient (Wildman–Crippen LogP) is 4.74. The molecule has 0 atom stereocenters. The normalized spacial score (nSPS) is 13.9. The van der Waals surface area contributed by atoms with Crippen LogP contribution in [0.3, 0.4) is 0 Å². The van der Waals surface area contributed by atoms with Crippen molar-refractivity contribution in [2.45, 2.75) is 6.92 Å². The van der Waals surface area contributed by atoms with Crippen molar-refractivity contribution >= 4 is 58.1 Å². The number of halogens is 2. The monoisotopic (exact) mass is 565 g/mol. The summed E-state index contributed by atoms with van der Waals surface area (Å²) in [5.41, 5.74) is 1.96. The largest absolute Gasteiger partial charge is 0.452 e. The molecule has 1 fully saturated rings. The molecule has 0 aliphatic carbocycles. The Balaban J connectivity index is 1.31. The maximum Gasteiger partial charge on any atom is 0.338 e. The van der Waals surface area contributed by atoms with Crippen LogP contribution >= 0.6 is 11.8 Å². The minimum atomic E-state index is -1.000. The summed E-state index contributed by atoms with van der Waals surface area (Å²) in [6, 6.07) is 15.6. The van der Waals surface area contributed by atoms with Crippen LogP contribution in [-0.2, 0) is 19.1 Å². The third-order valence-corrected chi connectivity index (χ3v) is 6.40. The van der Waals surface area contributed by atoms with Gasteiger partial charge in [-0.3, -0.25) is 24.1 Å². The molecule has 1 heterocycles. The van der Waals surface area contributed by atoms with Gasteiger partial charge in [0.1, 0.15) is 18.2 Å². The van der Waals surface area contributed by atoms with Crippen LogP contribution in [0.25, 0.3) is 6.08 Å². The summed E-state index contributed by atoms with van der Waals surface area (Å²) < 4.78 is 31.9. The first-order chi connectivity index (χ1) is 19.1. The van der Waals surface area contributed by atoms with Gasteiger partial charge in [-0.2, -0.15) is 0 Å². The lowest BCUT2D eigenvalue weighted by Crippen LogP contribution is -2.36. The second-order valence-electron chi connectivity index (χ2n) is 8.55. The van der Waals surface area contributed by atoms with Crippen molar-refractivity contribution in [3.63, 3.8) is 0 Å². The Morgan fingerprint density at radius 3 is 2.30 bits per heavy atom. The number of amides is 4. The van der Waals surface area contributed by atoms with Crippen molar-refractivity contribution < 1.29 is 37.5 Å². The van der Waals surface area contributed by atoms with E-state index in [2.05, 4.69) is 10.6 Å². The second-order valence-corrected chi connectivity index (χ2v) is 9.55. The predicted molar refractivity (Wildman–Crippen MR) is 144 cm³/mol. The molecule has 0 aromatic heterocycles. The Morgan fingerprint density at radius 1 is 0.925 bits per heavy atom. The van der Waals surface area contributed by atoms with Gasteiger partial charge in [0.2, 0.25) is 5.91 Å². The van der Waals surface area contributed by atoms with Crippen molar-refractivity contribution in [2.75, 3.05) is 23.8 Å². The Bertz CT molecular complexity index is 1520. The highest BCUT2D eigenvalue weighted by Crippen LogP contribution is 2.32. The van der Waals surface area contributed by atoms with E-state index in [1.54, 1.807) is 12.1 Å². The van der Waals surface area contributed by atoms with Crippen LogP contribution in [0.5, 0.6) is 0 Å². The topological polar surface area (TPSA) is 122 Å². The smallest absolute Gasteiger partial charge is 0.338 e. The van der Waals surface area contributed by atoms with Crippen LogP contribution in [0.15, 0.2) is 71.6 Å². The summed E-state index contributed by atoms with van der Waals surface area (Å²) in [6.07, 6.45) is 1.41. The molecule has 2 N–H and O–H groups in total. The van der Waals surface area contributed by atoms with Crippen molar-refractivity contribution in [1.29, 1.82) is 0 Å². The molecule has 4 rings (SSSR count). The highest BCUT2D eigenvalue weighted by Gasteiger charge is 2.36. The molecule has 12 heteroatoms. The van der Waals surface area contributed by atoms with Gasteiger partial charge in [-0.05, 0) is 66.7 Å². The summed E-state index contributed by atoms with van der Waals surface area (Å²) in [5.74, 6) is -4.62. The maximum absolute atomic E-state index is 13.8. The van der Waals surface area contributed by atoms with Crippen molar-refractivity contribution in [1.82, 2.24) is 4.90 Å². The quantitative estimate of drug-likeness (QED) is 0.299. The lowest BCUT2D eigenvalue weighted by atomic mass is 10.1. The number of aryl methyl sites for hydroxylation is 1. The summed E-state index contributed by atoms with van der Waals surface area (Å²) in [6.45, 7) is 0.766. The van der Waals surface area contributed by atoms with Crippen LogP contribution in [0.2, 0.25) is 0 Å². The van der Waals surface area contributed by atoms with Crippen LogP contribution < -0.4 is 10.6 Å². The summed E-state index contributed by atoms with van der Waals surface area (Å²) in [7, 11) is 0. The zero-order chi connectivity index (χ0) is 28.8. The average Bonchev–Trinajstić information content (AvgIpc) is 3.17. The number of hydrogen-bond acceptors (Lipinski definition) is 7. The number of benzene rings is 3. The lowest BCUT2D eigenvalue weighted by molar-refractivity contribution is -0.127. The van der Waals surface area contributed by atoms with E-state index in [0.717, 1.165) is 17.7 Å². The number of rotatable bonds is 8. The zero-order valence-corrected chi connectivity index (χ0v) is 21.7. The molecule has 1 saturated heterocycles. The van der Waals surface area contributed by atoms with Gasteiger partial charge in [-0.1, -0.05) is 29.8 Å². The van der Waals surface area contributed by atoms with E-state index < -0.39 is 53.7 Å². The van der Waals surface area contributed by atoms with E-state index in [-0.39, 0.29) is 16.2 Å². The fourth-order valence-electron chi connectivity index (χ4n) is 3.48. The third-order valence-electron chi connectivity index (χ3n) is 5.49. The number of ether oxygens (including phenoxy) is 1. The number of thioether (sulfide) groups is 1. The number of anilines is 2. The van der Waals surface area contributed by atoms with Crippen molar-refractivity contribution in [3.05, 3.63) is 100.0 Å². The molecule has 3 aromatic rings. The third kappa shape index (κ3) is 7.17. The number of carbonyl (C=O) groups excluding carboxylic acids is 5. The van der Waals surface area contributed by atoms with E-state index in [4.69, 9.17) is 4.74 Å². The van der Waals surface area contributed by atoms with Gasteiger partial charge in [-0.25, -0.2) is 13.6 Å². The number of nitrogens with one attached hydrogen (secondary N) is 2. The molecule has 9 nitrogen and oxygen atoms in total. The maximum atomic E-state index is 13.8. The molecule has 0 spiro atoms. The van der Waals surface area contributed by atoms with E-state index in [1.165, 1.54) is 30.3 Å². The Hall–Kier alpha value is -4.84. The standard InChI is InChI=1S/C28H21F2N3O6S/c1-16-2-9-20(10-3-16)31-25(35)15-39-27(37)18-6-4-17(5-7-18)12-23-26(36)33(28(38)40-23)14-24(34)32-22-11-8-19(29)13-21(22)30/h2-13H,14-15H2,1H3,(H,31,35)(H,32,34)/b23-12-. The summed E-state index contributed by atoms with van der Waals surface area (Å²) >= 11 is 0.612. The molecule has 0 bridgehead atoms. The number of hydrogen-bond donors (Lipinski definition) is 2. The Morgan fingerprint density at radius 2 is 1.62 bits per heavy atom. The average molecular weight is 566 g/mol. The summed E-state index contributed by atoms with van der Waals surface area (Å²) in [4.78, 5) is 62.3. The Labute approximate surface area is 231 Å². The fraction of sp³-hybridized carbons (Fsp3) is 0.107. The van der Waals surface area contributed by atoms with Crippen LogP contribution in [0.4, 0.5) is 25.0 Å². The second kappa shape index (κ2) is 12.3. The van der Waals surface area contributed by atoms with Gasteiger partial charge in [0.25, 0.3) is 17.1 Å². The molecule has 1 aliphatic rings. The highest BCUT2D eigenvalue weighted by atomic mass is 32.2. The minimum absolute atomic E-state index is 0.0360. The molecule has 0 radical (unpaired) electrons. The Kier molecular flexibility index (Phi) is 8.70. The van der Waals surface area contributed by atoms with E-state index in [9.17, 15) is 32.8 Å². The van der Waals surface area contributed by atoms with Gasteiger partial charge >= 0.3 is 5.97 Å². The molecule has 40 heavy (non-hydrogen) atoms. The molecular formula is C28H21F2N3O6S. The van der Waals surface area contributed by atoms with E-state index in [1.807, 2.05) is 19.1 Å². The highest BCUT2D eigenvalue weighted by molar-refractivity contribution is 8.18. The molecule has 0 saturated carbocycles. The van der Waals surface area contributed by atoms with Gasteiger partial charge in [0.15, 0.2) is 6.61 Å². The lowest BCUT2D eigenvalue weighted by Gasteiger charge is -2.12. The van der Waals surface area contributed by atoms with Crippen molar-refractivity contribution in [3.8, 4) is 0 Å². The summed E-state index contributed by atoms with van der Waals surface area (Å²) in [5, 5.41) is 4.11. The first-order valence-electron chi connectivity index (χ1n) is 11.7. The van der Waals surface area contributed by atoms with Gasteiger partial charge in [0.05, 0.1) is 16.2 Å². The molecule has 1 aliphatic heterocycles. The number of carbonyl (C=O) groups is 5.